The zero-order valence-corrected chi connectivity index (χ0v) is 17.9. The minimum absolute atomic E-state index is 0.0440. The molecule has 0 spiro atoms. The number of nitrogens with one attached hydrogen (secondary N) is 1. The van der Waals surface area contributed by atoms with Crippen molar-refractivity contribution in [3.8, 4) is 0 Å². The van der Waals surface area contributed by atoms with Gasteiger partial charge in [-0.15, -0.1) is 0 Å². The van der Waals surface area contributed by atoms with Crippen LogP contribution >= 0.6 is 0 Å². The van der Waals surface area contributed by atoms with Crippen LogP contribution in [-0.4, -0.2) is 66.7 Å². The Hall–Kier alpha value is -2.54. The fourth-order valence-electron chi connectivity index (χ4n) is 4.83. The normalized spacial score (nSPS) is 22.9. The first-order valence-corrected chi connectivity index (χ1v) is 10.9. The van der Waals surface area contributed by atoms with E-state index in [9.17, 15) is 4.79 Å². The number of hydrogen-bond donors (Lipinski definition) is 1. The van der Waals surface area contributed by atoms with Crippen LogP contribution in [0.5, 0.6) is 0 Å². The molecule has 7 nitrogen and oxygen atoms in total. The highest BCUT2D eigenvalue weighted by molar-refractivity contribution is 5.68. The number of carbonyl (C=O) groups is 1. The van der Waals surface area contributed by atoms with Crippen LogP contribution in [0.3, 0.4) is 0 Å². The van der Waals surface area contributed by atoms with Crippen molar-refractivity contribution in [1.82, 2.24) is 15.1 Å². The van der Waals surface area contributed by atoms with Gasteiger partial charge in [-0.1, -0.05) is 18.2 Å². The minimum Gasteiger partial charge on any atom is -0.453 e. The van der Waals surface area contributed by atoms with Gasteiger partial charge in [0.15, 0.2) is 0 Å². The van der Waals surface area contributed by atoms with Gasteiger partial charge in [0.05, 0.1) is 32.1 Å². The van der Waals surface area contributed by atoms with Crippen LogP contribution in [-0.2, 0) is 9.47 Å². The number of carbonyl (C=O) groups excluding carboxylic acids is 1. The molecule has 3 heterocycles. The highest BCUT2D eigenvalue weighted by atomic mass is 16.5. The summed E-state index contributed by atoms with van der Waals surface area (Å²) in [6.45, 7) is 5.27. The Balaban J connectivity index is 1.40. The monoisotopic (exact) mass is 412 g/mol. The van der Waals surface area contributed by atoms with E-state index in [0.717, 1.165) is 50.0 Å². The SMILES string of the molecule is COC(=O)N1CCC[C@H](c2[nH]ncc2C)[C@@H]1COC1CCN(c2ccccc2)CC1. The first kappa shape index (κ1) is 20.7. The largest absolute Gasteiger partial charge is 0.453 e. The van der Waals surface area contributed by atoms with Crippen molar-refractivity contribution in [3.63, 3.8) is 0 Å². The average Bonchev–Trinajstić information content (AvgIpc) is 3.23. The number of ether oxygens (including phenoxy) is 2. The summed E-state index contributed by atoms with van der Waals surface area (Å²) >= 11 is 0. The third-order valence-electron chi connectivity index (χ3n) is 6.49. The summed E-state index contributed by atoms with van der Waals surface area (Å²) in [6.07, 6.45) is 5.74. The molecule has 1 aromatic heterocycles. The summed E-state index contributed by atoms with van der Waals surface area (Å²) in [5, 5.41) is 7.36. The number of methoxy groups -OCH3 is 1. The lowest BCUT2D eigenvalue weighted by Gasteiger charge is -2.41. The fraction of sp³-hybridized carbons (Fsp3) is 0.565. The second-order valence-electron chi connectivity index (χ2n) is 8.30. The molecule has 0 bridgehead atoms. The van der Waals surface area contributed by atoms with Gasteiger partial charge in [0, 0.05) is 36.9 Å². The molecule has 0 aliphatic carbocycles. The lowest BCUT2D eigenvalue weighted by atomic mass is 9.85. The summed E-state index contributed by atoms with van der Waals surface area (Å²) < 4.78 is 11.5. The zero-order chi connectivity index (χ0) is 20.9. The fourth-order valence-corrected chi connectivity index (χ4v) is 4.83. The van der Waals surface area contributed by atoms with Gasteiger partial charge in [-0.3, -0.25) is 5.10 Å². The number of likely N-dealkylation sites (tertiary alicyclic amines) is 1. The highest BCUT2D eigenvalue weighted by Crippen LogP contribution is 2.34. The van der Waals surface area contributed by atoms with Crippen molar-refractivity contribution in [3.05, 3.63) is 47.8 Å². The molecule has 1 N–H and O–H groups in total. The molecule has 162 valence electrons. The Kier molecular flexibility index (Phi) is 6.57. The molecule has 2 aliphatic heterocycles. The van der Waals surface area contributed by atoms with E-state index < -0.39 is 0 Å². The van der Waals surface area contributed by atoms with Crippen molar-refractivity contribution in [2.24, 2.45) is 0 Å². The van der Waals surface area contributed by atoms with Gasteiger partial charge < -0.3 is 19.3 Å². The van der Waals surface area contributed by atoms with E-state index in [1.54, 1.807) is 0 Å². The summed E-state index contributed by atoms with van der Waals surface area (Å²) in [5.74, 6) is 0.185. The average molecular weight is 413 g/mol. The van der Waals surface area contributed by atoms with Gasteiger partial charge >= 0.3 is 6.09 Å². The molecule has 0 saturated carbocycles. The molecule has 1 amide bonds. The number of benzene rings is 1. The number of para-hydroxylation sites is 1. The number of rotatable bonds is 5. The number of amides is 1. The van der Waals surface area contributed by atoms with E-state index in [2.05, 4.69) is 52.4 Å². The van der Waals surface area contributed by atoms with Crippen LogP contribution in [0.25, 0.3) is 0 Å². The second kappa shape index (κ2) is 9.51. The van der Waals surface area contributed by atoms with Gasteiger partial charge in [0.25, 0.3) is 0 Å². The molecule has 0 unspecified atom stereocenters. The topological polar surface area (TPSA) is 70.7 Å². The van der Waals surface area contributed by atoms with Crippen LogP contribution in [0.15, 0.2) is 36.5 Å². The van der Waals surface area contributed by atoms with Crippen LogP contribution < -0.4 is 4.90 Å². The van der Waals surface area contributed by atoms with E-state index in [-0.39, 0.29) is 24.2 Å². The number of piperidine rings is 2. The Morgan fingerprint density at radius 2 is 1.93 bits per heavy atom. The molecule has 4 rings (SSSR count). The van der Waals surface area contributed by atoms with Gasteiger partial charge in [-0.05, 0) is 50.3 Å². The number of anilines is 1. The Morgan fingerprint density at radius 3 is 2.60 bits per heavy atom. The molecule has 2 atom stereocenters. The third-order valence-corrected chi connectivity index (χ3v) is 6.49. The first-order valence-electron chi connectivity index (χ1n) is 10.9. The number of aromatic amines is 1. The Labute approximate surface area is 178 Å². The van der Waals surface area contributed by atoms with E-state index in [1.165, 1.54) is 12.8 Å². The molecular weight excluding hydrogens is 380 g/mol. The van der Waals surface area contributed by atoms with Crippen molar-refractivity contribution in [2.45, 2.75) is 50.7 Å². The summed E-state index contributed by atoms with van der Waals surface area (Å²) in [5.41, 5.74) is 3.51. The first-order chi connectivity index (χ1) is 14.7. The lowest BCUT2D eigenvalue weighted by molar-refractivity contribution is -0.0177. The predicted octanol–water partition coefficient (Wildman–Crippen LogP) is 3.72. The van der Waals surface area contributed by atoms with Crippen LogP contribution in [0.2, 0.25) is 0 Å². The third kappa shape index (κ3) is 4.46. The van der Waals surface area contributed by atoms with E-state index in [0.29, 0.717) is 13.2 Å². The molecule has 2 fully saturated rings. The van der Waals surface area contributed by atoms with E-state index in [4.69, 9.17) is 9.47 Å². The zero-order valence-electron chi connectivity index (χ0n) is 17.9. The summed E-state index contributed by atoms with van der Waals surface area (Å²) in [7, 11) is 1.45. The maximum atomic E-state index is 12.4. The molecule has 7 heteroatoms. The number of H-pyrrole nitrogens is 1. The minimum atomic E-state index is -0.274. The number of nitrogens with zero attached hydrogens (tertiary/aromatic N) is 3. The van der Waals surface area contributed by atoms with Crippen molar-refractivity contribution in [1.29, 1.82) is 0 Å². The number of aromatic nitrogens is 2. The summed E-state index contributed by atoms with van der Waals surface area (Å²) in [4.78, 5) is 16.7. The van der Waals surface area contributed by atoms with Gasteiger partial charge in [0.2, 0.25) is 0 Å². The van der Waals surface area contributed by atoms with Crippen molar-refractivity contribution >= 4 is 11.8 Å². The van der Waals surface area contributed by atoms with Gasteiger partial charge in [-0.2, -0.15) is 5.10 Å². The van der Waals surface area contributed by atoms with Gasteiger partial charge in [0.1, 0.15) is 0 Å². The highest BCUT2D eigenvalue weighted by Gasteiger charge is 2.38. The smallest absolute Gasteiger partial charge is 0.409 e. The Bertz CT molecular complexity index is 817. The standard InChI is InChI=1S/C23H32N4O3/c1-17-15-24-25-22(17)20-9-6-12-27(23(28)29-2)21(20)16-30-19-10-13-26(14-11-19)18-7-4-3-5-8-18/h3-5,7-8,15,19-21H,6,9-14,16H2,1-2H3,(H,24,25)/t20-,21-/m0/s1. The number of aryl methyl sites for hydroxylation is 1. The second-order valence-corrected chi connectivity index (χ2v) is 8.30. The molecule has 2 saturated heterocycles. The van der Waals surface area contributed by atoms with Crippen molar-refractivity contribution in [2.75, 3.05) is 38.3 Å². The maximum absolute atomic E-state index is 12.4. The van der Waals surface area contributed by atoms with Crippen LogP contribution in [0.4, 0.5) is 10.5 Å². The maximum Gasteiger partial charge on any atom is 0.409 e. The quantitative estimate of drug-likeness (QED) is 0.811. The Morgan fingerprint density at radius 1 is 1.17 bits per heavy atom. The van der Waals surface area contributed by atoms with E-state index in [1.807, 2.05) is 11.1 Å². The van der Waals surface area contributed by atoms with Crippen LogP contribution in [0.1, 0.15) is 42.9 Å². The molecular formula is C23H32N4O3. The molecule has 30 heavy (non-hydrogen) atoms. The summed E-state index contributed by atoms with van der Waals surface area (Å²) in [6, 6.07) is 10.5. The van der Waals surface area contributed by atoms with Gasteiger partial charge in [-0.25, -0.2) is 4.79 Å². The predicted molar refractivity (Wildman–Crippen MR) is 116 cm³/mol. The molecule has 2 aliphatic rings. The molecule has 2 aromatic rings. The van der Waals surface area contributed by atoms with Crippen LogP contribution in [0, 0.1) is 6.92 Å². The molecule has 1 aromatic carbocycles. The van der Waals surface area contributed by atoms with Crippen molar-refractivity contribution < 1.29 is 14.3 Å². The molecule has 0 radical (unpaired) electrons. The number of hydrogen-bond acceptors (Lipinski definition) is 5. The van der Waals surface area contributed by atoms with E-state index >= 15 is 0 Å². The lowest BCUT2D eigenvalue weighted by Crippen LogP contribution is -2.51.